The highest BCUT2D eigenvalue weighted by molar-refractivity contribution is 5.80. The third-order valence-electron chi connectivity index (χ3n) is 4.86. The predicted octanol–water partition coefficient (Wildman–Crippen LogP) is 2.41. The smallest absolute Gasteiger partial charge is 0.226 e. The molecule has 0 radical (unpaired) electrons. The Morgan fingerprint density at radius 1 is 1.31 bits per heavy atom. The first-order valence-electron chi connectivity index (χ1n) is 10.0. The molecule has 0 aromatic carbocycles. The van der Waals surface area contributed by atoms with Crippen LogP contribution >= 0.6 is 0 Å². The van der Waals surface area contributed by atoms with E-state index in [0.717, 1.165) is 50.8 Å². The van der Waals surface area contributed by atoms with Crippen LogP contribution in [0.1, 0.15) is 65.6 Å². The number of aliphatic imine (C=N–C) groups is 1. The van der Waals surface area contributed by atoms with Crippen molar-refractivity contribution in [3.63, 3.8) is 0 Å². The minimum absolute atomic E-state index is 0.300. The Labute approximate surface area is 158 Å². The number of likely N-dealkylation sites (tertiary alicyclic amines) is 1. The van der Waals surface area contributed by atoms with Crippen LogP contribution in [-0.4, -0.2) is 59.3 Å². The van der Waals surface area contributed by atoms with Gasteiger partial charge in [0.1, 0.15) is 0 Å². The number of hydrogen-bond acceptors (Lipinski definition) is 5. The topological polar surface area (TPSA) is 78.6 Å². The Balaban J connectivity index is 1.82. The standard InChI is InChI=1S/C19H36N6O/c1-7-20-19(22-16-12-25(14(4)5)11-15(16)6)21-10-8-9-17-23-18(13(2)3)24-26-17/h13-16H,7-12H2,1-6H3,(H2,20,21,22). The van der Waals surface area contributed by atoms with Gasteiger partial charge in [-0.15, -0.1) is 0 Å². The molecular weight excluding hydrogens is 328 g/mol. The van der Waals surface area contributed by atoms with Crippen LogP contribution in [0.5, 0.6) is 0 Å². The number of nitrogens with zero attached hydrogens (tertiary/aromatic N) is 4. The Bertz CT molecular complexity index is 568. The van der Waals surface area contributed by atoms with E-state index in [4.69, 9.17) is 9.52 Å². The number of hydrogen-bond donors (Lipinski definition) is 2. The molecule has 1 fully saturated rings. The maximum absolute atomic E-state index is 5.29. The quantitative estimate of drug-likeness (QED) is 0.419. The monoisotopic (exact) mass is 364 g/mol. The molecule has 7 heteroatoms. The van der Waals surface area contributed by atoms with Gasteiger partial charge < -0.3 is 15.2 Å². The first-order chi connectivity index (χ1) is 12.4. The lowest BCUT2D eigenvalue weighted by atomic mass is 10.1. The van der Waals surface area contributed by atoms with E-state index in [1.165, 1.54) is 0 Å². The summed E-state index contributed by atoms with van der Waals surface area (Å²) in [6, 6.07) is 1.04. The van der Waals surface area contributed by atoms with Crippen molar-refractivity contribution in [2.75, 3.05) is 26.2 Å². The van der Waals surface area contributed by atoms with Gasteiger partial charge in [-0.25, -0.2) is 0 Å². The third kappa shape index (κ3) is 5.97. The summed E-state index contributed by atoms with van der Waals surface area (Å²) in [4.78, 5) is 11.7. The summed E-state index contributed by atoms with van der Waals surface area (Å²) in [7, 11) is 0. The Morgan fingerprint density at radius 2 is 2.08 bits per heavy atom. The number of guanidine groups is 1. The van der Waals surface area contributed by atoms with Crippen molar-refractivity contribution in [1.29, 1.82) is 0 Å². The average Bonchev–Trinajstić information content (AvgIpc) is 3.19. The molecule has 1 aromatic heterocycles. The van der Waals surface area contributed by atoms with Crippen molar-refractivity contribution in [2.45, 2.75) is 72.4 Å². The minimum Gasteiger partial charge on any atom is -0.357 e. The number of aromatic nitrogens is 2. The summed E-state index contributed by atoms with van der Waals surface area (Å²) in [6.45, 7) is 16.9. The van der Waals surface area contributed by atoms with Gasteiger partial charge in [0.15, 0.2) is 11.8 Å². The zero-order valence-electron chi connectivity index (χ0n) is 17.2. The fourth-order valence-corrected chi connectivity index (χ4v) is 3.13. The largest absolute Gasteiger partial charge is 0.357 e. The molecule has 0 saturated carbocycles. The lowest BCUT2D eigenvalue weighted by Crippen LogP contribution is -2.46. The van der Waals surface area contributed by atoms with Gasteiger partial charge in [0.05, 0.1) is 0 Å². The SMILES string of the molecule is CCNC(=NCCCc1nc(C(C)C)no1)NC1CN(C(C)C)CC1C. The van der Waals surface area contributed by atoms with Gasteiger partial charge in [-0.3, -0.25) is 9.89 Å². The normalized spacial score (nSPS) is 21.8. The molecule has 7 nitrogen and oxygen atoms in total. The van der Waals surface area contributed by atoms with E-state index in [9.17, 15) is 0 Å². The van der Waals surface area contributed by atoms with E-state index in [1.807, 2.05) is 0 Å². The zero-order chi connectivity index (χ0) is 19.1. The summed E-state index contributed by atoms with van der Waals surface area (Å²) < 4.78 is 5.29. The highest BCUT2D eigenvalue weighted by atomic mass is 16.5. The van der Waals surface area contributed by atoms with Gasteiger partial charge in [0, 0.05) is 50.6 Å². The van der Waals surface area contributed by atoms with E-state index < -0.39 is 0 Å². The number of nitrogens with one attached hydrogen (secondary N) is 2. The van der Waals surface area contributed by atoms with E-state index in [-0.39, 0.29) is 0 Å². The Morgan fingerprint density at radius 3 is 2.65 bits per heavy atom. The molecular formula is C19H36N6O. The second kappa shape index (κ2) is 9.90. The lowest BCUT2D eigenvalue weighted by Gasteiger charge is -2.21. The van der Waals surface area contributed by atoms with Crippen LogP contribution in [0.4, 0.5) is 0 Å². The molecule has 2 atom stereocenters. The molecule has 1 aliphatic rings. The maximum atomic E-state index is 5.29. The number of rotatable bonds is 8. The molecule has 26 heavy (non-hydrogen) atoms. The molecule has 2 heterocycles. The molecule has 0 spiro atoms. The van der Waals surface area contributed by atoms with Crippen LogP contribution in [0.25, 0.3) is 0 Å². The molecule has 1 saturated heterocycles. The van der Waals surface area contributed by atoms with Crippen molar-refractivity contribution < 1.29 is 4.52 Å². The second-order valence-electron chi connectivity index (χ2n) is 7.84. The first-order valence-corrected chi connectivity index (χ1v) is 10.0. The summed E-state index contributed by atoms with van der Waals surface area (Å²) in [5, 5.41) is 11.0. The highest BCUT2D eigenvalue weighted by Gasteiger charge is 2.31. The minimum atomic E-state index is 0.300. The van der Waals surface area contributed by atoms with Crippen LogP contribution in [0.2, 0.25) is 0 Å². The van der Waals surface area contributed by atoms with Crippen molar-refractivity contribution in [2.24, 2.45) is 10.9 Å². The average molecular weight is 365 g/mol. The fourth-order valence-electron chi connectivity index (χ4n) is 3.13. The Hall–Kier alpha value is -1.63. The molecule has 2 rings (SSSR count). The van der Waals surface area contributed by atoms with Crippen molar-refractivity contribution >= 4 is 5.96 Å². The second-order valence-corrected chi connectivity index (χ2v) is 7.84. The first kappa shape index (κ1) is 20.7. The van der Waals surface area contributed by atoms with Gasteiger partial charge in [-0.05, 0) is 33.1 Å². The van der Waals surface area contributed by atoms with Gasteiger partial charge >= 0.3 is 0 Å². The molecule has 0 bridgehead atoms. The van der Waals surface area contributed by atoms with Crippen molar-refractivity contribution in [3.05, 3.63) is 11.7 Å². The fraction of sp³-hybridized carbons (Fsp3) is 0.842. The lowest BCUT2D eigenvalue weighted by molar-refractivity contribution is 0.265. The van der Waals surface area contributed by atoms with Gasteiger partial charge in [0.2, 0.25) is 5.89 Å². The summed E-state index contributed by atoms with van der Waals surface area (Å²) in [5.41, 5.74) is 0. The van der Waals surface area contributed by atoms with E-state index in [0.29, 0.717) is 29.8 Å². The predicted molar refractivity (Wildman–Crippen MR) is 105 cm³/mol. The number of aryl methyl sites for hydroxylation is 1. The Kier molecular flexibility index (Phi) is 7.87. The van der Waals surface area contributed by atoms with Crippen LogP contribution in [0.15, 0.2) is 9.52 Å². The van der Waals surface area contributed by atoms with Crippen LogP contribution in [0.3, 0.4) is 0 Å². The summed E-state index contributed by atoms with van der Waals surface area (Å²) >= 11 is 0. The summed E-state index contributed by atoms with van der Waals surface area (Å²) in [6.07, 6.45) is 1.66. The van der Waals surface area contributed by atoms with Gasteiger partial charge in [0.25, 0.3) is 0 Å². The molecule has 1 aliphatic heterocycles. The van der Waals surface area contributed by atoms with Crippen LogP contribution in [-0.2, 0) is 6.42 Å². The van der Waals surface area contributed by atoms with Crippen molar-refractivity contribution in [3.8, 4) is 0 Å². The van der Waals surface area contributed by atoms with Gasteiger partial charge in [-0.2, -0.15) is 4.98 Å². The molecule has 0 amide bonds. The molecule has 0 aliphatic carbocycles. The summed E-state index contributed by atoms with van der Waals surface area (Å²) in [5.74, 6) is 3.31. The van der Waals surface area contributed by atoms with E-state index >= 15 is 0 Å². The third-order valence-corrected chi connectivity index (χ3v) is 4.86. The highest BCUT2D eigenvalue weighted by Crippen LogP contribution is 2.18. The molecule has 1 aromatic rings. The van der Waals surface area contributed by atoms with E-state index in [1.54, 1.807) is 0 Å². The molecule has 2 unspecified atom stereocenters. The van der Waals surface area contributed by atoms with Crippen LogP contribution < -0.4 is 10.6 Å². The van der Waals surface area contributed by atoms with Gasteiger partial charge in [-0.1, -0.05) is 25.9 Å². The molecule has 148 valence electrons. The van der Waals surface area contributed by atoms with Crippen LogP contribution in [0, 0.1) is 5.92 Å². The molecule has 2 N–H and O–H groups in total. The van der Waals surface area contributed by atoms with Crippen molar-refractivity contribution in [1.82, 2.24) is 25.7 Å². The zero-order valence-corrected chi connectivity index (χ0v) is 17.2. The van der Waals surface area contributed by atoms with E-state index in [2.05, 4.69) is 67.2 Å². The maximum Gasteiger partial charge on any atom is 0.226 e.